The van der Waals surface area contributed by atoms with Crippen LogP contribution in [0.25, 0.3) is 0 Å². The van der Waals surface area contributed by atoms with Crippen molar-refractivity contribution in [3.05, 3.63) is 52.7 Å². The van der Waals surface area contributed by atoms with E-state index in [0.29, 0.717) is 29.7 Å². The van der Waals surface area contributed by atoms with Gasteiger partial charge in [0.15, 0.2) is 0 Å². The molecule has 2 aromatic rings. The van der Waals surface area contributed by atoms with Gasteiger partial charge >= 0.3 is 0 Å². The van der Waals surface area contributed by atoms with Crippen LogP contribution in [-0.4, -0.2) is 12.1 Å². The molecular weight excluding hydrogens is 278 g/mol. The molecule has 0 unspecified atom stereocenters. The highest BCUT2D eigenvalue weighted by molar-refractivity contribution is 6.31. The lowest BCUT2D eigenvalue weighted by Gasteiger charge is -2.08. The Morgan fingerprint density at radius 1 is 1.25 bits per heavy atom. The van der Waals surface area contributed by atoms with Gasteiger partial charge in [-0.05, 0) is 29.8 Å². The highest BCUT2D eigenvalue weighted by Crippen LogP contribution is 2.18. The summed E-state index contributed by atoms with van der Waals surface area (Å²) in [7, 11) is 1.63. The first-order chi connectivity index (χ1) is 9.72. The maximum absolute atomic E-state index is 6.05. The average molecular weight is 294 g/mol. The number of hydrogen-bond donors (Lipinski definition) is 2. The Morgan fingerprint density at radius 2 is 2.10 bits per heavy atom. The Morgan fingerprint density at radius 3 is 2.85 bits per heavy atom. The first kappa shape index (κ1) is 14.6. The van der Waals surface area contributed by atoms with Crippen LogP contribution in [0.1, 0.15) is 11.3 Å². The minimum Gasteiger partial charge on any atom is -0.497 e. The van der Waals surface area contributed by atoms with Crippen molar-refractivity contribution in [2.24, 2.45) is 5.84 Å². The molecule has 0 aliphatic heterocycles. The smallest absolute Gasteiger partial charge is 0.140 e. The van der Waals surface area contributed by atoms with E-state index < -0.39 is 0 Å². The van der Waals surface area contributed by atoms with E-state index in [1.165, 1.54) is 0 Å². The summed E-state index contributed by atoms with van der Waals surface area (Å²) in [4.78, 5) is 4.24. The molecule has 20 heavy (non-hydrogen) atoms. The van der Waals surface area contributed by atoms with E-state index in [2.05, 4.69) is 10.4 Å². The summed E-state index contributed by atoms with van der Waals surface area (Å²) in [6.07, 6.45) is 0. The molecule has 6 heteroatoms. The van der Waals surface area contributed by atoms with Crippen LogP contribution < -0.4 is 16.0 Å². The van der Waals surface area contributed by atoms with E-state index in [1.807, 2.05) is 24.3 Å². The summed E-state index contributed by atoms with van der Waals surface area (Å²) >= 11 is 6.05. The van der Waals surface area contributed by atoms with E-state index in [-0.39, 0.29) is 0 Å². The molecule has 0 fully saturated rings. The van der Waals surface area contributed by atoms with E-state index in [0.717, 1.165) is 11.3 Å². The second-order valence-electron chi connectivity index (χ2n) is 4.11. The lowest BCUT2D eigenvalue weighted by atomic mass is 10.2. The Kier molecular flexibility index (Phi) is 5.17. The molecule has 0 aliphatic carbocycles. The number of rotatable bonds is 6. The molecule has 2 rings (SSSR count). The van der Waals surface area contributed by atoms with E-state index >= 15 is 0 Å². The Bertz CT molecular complexity index is 578. The largest absolute Gasteiger partial charge is 0.497 e. The van der Waals surface area contributed by atoms with Crippen LogP contribution in [0.3, 0.4) is 0 Å². The second-order valence-corrected chi connectivity index (χ2v) is 4.52. The summed E-state index contributed by atoms with van der Waals surface area (Å²) in [5.74, 6) is 6.66. The molecule has 3 N–H and O–H groups in total. The zero-order valence-corrected chi connectivity index (χ0v) is 11.9. The molecule has 1 heterocycles. The Labute approximate surface area is 122 Å². The van der Waals surface area contributed by atoms with Crippen LogP contribution in [0.5, 0.6) is 5.75 Å². The molecule has 0 atom stereocenters. The first-order valence-corrected chi connectivity index (χ1v) is 6.43. The molecular formula is C14H16ClN3O2. The fourth-order valence-corrected chi connectivity index (χ4v) is 1.85. The van der Waals surface area contributed by atoms with Crippen LogP contribution in [0, 0.1) is 0 Å². The summed E-state index contributed by atoms with van der Waals surface area (Å²) in [5, 5.41) is 0.551. The van der Waals surface area contributed by atoms with Gasteiger partial charge < -0.3 is 14.9 Å². The number of anilines is 1. The summed E-state index contributed by atoms with van der Waals surface area (Å²) < 4.78 is 10.8. The lowest BCUT2D eigenvalue weighted by molar-refractivity contribution is 0.104. The molecule has 0 saturated carbocycles. The van der Waals surface area contributed by atoms with Gasteiger partial charge in [0.05, 0.1) is 31.0 Å². The standard InChI is InChI=1S/C14H16ClN3O2/c1-19-11-4-2-3-10(7-11)8-20-9-13-12(15)5-6-14(17-13)18-16/h2-7H,8-9,16H2,1H3,(H,17,18). The number of pyridine rings is 1. The molecule has 0 saturated heterocycles. The van der Waals surface area contributed by atoms with Gasteiger partial charge in [0.25, 0.3) is 0 Å². The fraction of sp³-hybridized carbons (Fsp3) is 0.214. The topological polar surface area (TPSA) is 69.4 Å². The Balaban J connectivity index is 1.95. The van der Waals surface area contributed by atoms with E-state index in [9.17, 15) is 0 Å². The molecule has 0 amide bonds. The van der Waals surface area contributed by atoms with Crippen molar-refractivity contribution in [3.8, 4) is 5.75 Å². The molecule has 106 valence electrons. The molecule has 5 nitrogen and oxygen atoms in total. The van der Waals surface area contributed by atoms with Gasteiger partial charge in [0.2, 0.25) is 0 Å². The summed E-state index contributed by atoms with van der Waals surface area (Å²) in [5.41, 5.74) is 4.14. The number of hydrogen-bond acceptors (Lipinski definition) is 5. The van der Waals surface area contributed by atoms with E-state index in [1.54, 1.807) is 19.2 Å². The quantitative estimate of drug-likeness (QED) is 0.633. The zero-order valence-electron chi connectivity index (χ0n) is 11.1. The molecule has 0 spiro atoms. The van der Waals surface area contributed by atoms with Crippen molar-refractivity contribution in [2.45, 2.75) is 13.2 Å². The minimum atomic E-state index is 0.311. The number of methoxy groups -OCH3 is 1. The second kappa shape index (κ2) is 7.09. The van der Waals surface area contributed by atoms with Crippen molar-refractivity contribution in [1.29, 1.82) is 0 Å². The third kappa shape index (κ3) is 3.84. The van der Waals surface area contributed by atoms with E-state index in [4.69, 9.17) is 26.9 Å². The summed E-state index contributed by atoms with van der Waals surface area (Å²) in [6, 6.07) is 11.1. The van der Waals surface area contributed by atoms with Gasteiger partial charge in [-0.15, -0.1) is 0 Å². The molecule has 0 aliphatic rings. The van der Waals surface area contributed by atoms with Gasteiger partial charge in [-0.1, -0.05) is 23.7 Å². The average Bonchev–Trinajstić information content (AvgIpc) is 2.49. The fourth-order valence-electron chi connectivity index (χ4n) is 1.69. The number of aromatic nitrogens is 1. The van der Waals surface area contributed by atoms with Crippen molar-refractivity contribution in [2.75, 3.05) is 12.5 Å². The highest BCUT2D eigenvalue weighted by atomic mass is 35.5. The van der Waals surface area contributed by atoms with Crippen molar-refractivity contribution in [1.82, 2.24) is 4.98 Å². The summed E-state index contributed by atoms with van der Waals surface area (Å²) in [6.45, 7) is 0.765. The number of nitrogen functional groups attached to an aromatic ring is 1. The number of hydrazine groups is 1. The predicted molar refractivity (Wildman–Crippen MR) is 78.5 cm³/mol. The highest BCUT2D eigenvalue weighted by Gasteiger charge is 2.04. The van der Waals surface area contributed by atoms with Gasteiger partial charge in [-0.2, -0.15) is 0 Å². The van der Waals surface area contributed by atoms with Crippen molar-refractivity contribution in [3.63, 3.8) is 0 Å². The number of nitrogens with one attached hydrogen (secondary N) is 1. The maximum atomic E-state index is 6.05. The molecule has 1 aromatic heterocycles. The van der Waals surface area contributed by atoms with Gasteiger partial charge in [0, 0.05) is 0 Å². The third-order valence-corrected chi connectivity index (χ3v) is 3.05. The predicted octanol–water partition coefficient (Wildman–Crippen LogP) is 2.75. The number of halogens is 1. The monoisotopic (exact) mass is 293 g/mol. The van der Waals surface area contributed by atoms with Crippen molar-refractivity contribution >= 4 is 17.4 Å². The van der Waals surface area contributed by atoms with Gasteiger partial charge in [-0.3, -0.25) is 0 Å². The number of benzene rings is 1. The Hall–Kier alpha value is -1.82. The van der Waals surface area contributed by atoms with Crippen LogP contribution in [0.15, 0.2) is 36.4 Å². The number of nitrogens with two attached hydrogens (primary N) is 1. The molecule has 1 aromatic carbocycles. The van der Waals surface area contributed by atoms with Gasteiger partial charge in [0.1, 0.15) is 11.6 Å². The van der Waals surface area contributed by atoms with Crippen LogP contribution in [0.2, 0.25) is 5.02 Å². The third-order valence-electron chi connectivity index (χ3n) is 2.71. The number of nitrogens with zero attached hydrogens (tertiary/aromatic N) is 1. The van der Waals surface area contributed by atoms with Crippen LogP contribution in [0.4, 0.5) is 5.82 Å². The normalized spacial score (nSPS) is 10.3. The molecule has 0 bridgehead atoms. The van der Waals surface area contributed by atoms with Crippen LogP contribution >= 0.6 is 11.6 Å². The van der Waals surface area contributed by atoms with Gasteiger partial charge in [-0.25, -0.2) is 10.8 Å². The minimum absolute atomic E-state index is 0.311. The lowest BCUT2D eigenvalue weighted by Crippen LogP contribution is -2.09. The maximum Gasteiger partial charge on any atom is 0.140 e. The zero-order chi connectivity index (χ0) is 14.4. The number of ether oxygens (including phenoxy) is 2. The SMILES string of the molecule is COc1cccc(COCc2nc(NN)ccc2Cl)c1. The molecule has 0 radical (unpaired) electrons. The first-order valence-electron chi connectivity index (χ1n) is 6.05. The van der Waals surface area contributed by atoms with Crippen LogP contribution in [-0.2, 0) is 18.0 Å². The van der Waals surface area contributed by atoms with Crippen molar-refractivity contribution < 1.29 is 9.47 Å².